The number of nitro groups is 1. The maximum Gasteiger partial charge on any atom is 0.408 e. The summed E-state index contributed by atoms with van der Waals surface area (Å²) in [6.45, 7) is 14.5. The molecule has 4 rings (SSSR count). The first-order valence-corrected chi connectivity index (χ1v) is 16.0. The lowest BCUT2D eigenvalue weighted by Crippen LogP contribution is -2.59. The SMILES string of the molecule is CC1(C)O[C@H]2[C@H](O[Si](C)(C)C(C)(C)C)[C@H](NC(=O)OCc3ccccc3)C=C(c3cccc([N+](=O)[O-])c3)[C@H]2O1. The Morgan fingerprint density at radius 1 is 1.10 bits per heavy atom. The topological polar surface area (TPSA) is 109 Å². The zero-order chi connectivity index (χ0) is 28.6. The average Bonchev–Trinajstić information content (AvgIpc) is 3.19. The molecule has 10 heteroatoms. The third kappa shape index (κ3) is 6.58. The number of hydrogen-bond donors (Lipinski definition) is 1. The van der Waals surface area contributed by atoms with Crippen LogP contribution in [0.3, 0.4) is 0 Å². The lowest BCUT2D eigenvalue weighted by Gasteiger charge is -2.45. The van der Waals surface area contributed by atoms with E-state index in [0.29, 0.717) is 11.1 Å². The maximum absolute atomic E-state index is 13.0. The number of nitrogens with zero attached hydrogens (tertiary/aromatic N) is 1. The number of carbonyl (C=O) groups is 1. The molecule has 0 saturated carbocycles. The standard InChI is InChI=1S/C29H38N2O7Si/c1-28(2,3)39(6,7)38-25-23(30-27(32)35-18-19-12-9-8-10-13-19)17-22(24-26(25)37-29(4,5)36-24)20-14-11-15-21(16-20)31(33)34/h8-17,23-26H,18H2,1-7H3,(H,30,32)/t23-,24-,25-,26-/m1/s1. The molecule has 9 nitrogen and oxygen atoms in total. The van der Waals surface area contributed by atoms with Crippen LogP contribution in [0.25, 0.3) is 5.57 Å². The highest BCUT2D eigenvalue weighted by atomic mass is 28.4. The van der Waals surface area contributed by atoms with Crippen LogP contribution in [0.1, 0.15) is 45.7 Å². The van der Waals surface area contributed by atoms with E-state index in [2.05, 4.69) is 39.2 Å². The first-order valence-electron chi connectivity index (χ1n) is 13.1. The van der Waals surface area contributed by atoms with Crippen molar-refractivity contribution in [3.63, 3.8) is 0 Å². The normalized spacial score (nSPS) is 24.4. The highest BCUT2D eigenvalue weighted by Gasteiger charge is 2.54. The second-order valence-electron chi connectivity index (χ2n) is 12.0. The van der Waals surface area contributed by atoms with Crippen molar-refractivity contribution in [1.82, 2.24) is 5.32 Å². The number of rotatable bonds is 7. The third-order valence-electron chi connectivity index (χ3n) is 7.60. The molecule has 0 aromatic heterocycles. The first-order chi connectivity index (χ1) is 18.2. The minimum Gasteiger partial charge on any atom is -0.445 e. The summed E-state index contributed by atoms with van der Waals surface area (Å²) in [7, 11) is -2.33. The van der Waals surface area contributed by atoms with Crippen LogP contribution in [-0.2, 0) is 25.2 Å². The summed E-state index contributed by atoms with van der Waals surface area (Å²) in [5.41, 5.74) is 2.15. The zero-order valence-corrected chi connectivity index (χ0v) is 24.6. The number of benzene rings is 2. The number of hydrogen-bond acceptors (Lipinski definition) is 7. The highest BCUT2D eigenvalue weighted by Crippen LogP contribution is 2.45. The Bertz CT molecular complexity index is 1240. The van der Waals surface area contributed by atoms with E-state index in [9.17, 15) is 14.9 Å². The summed E-state index contributed by atoms with van der Waals surface area (Å²) in [6.07, 6.45) is -0.404. The van der Waals surface area contributed by atoms with Crippen molar-refractivity contribution < 1.29 is 28.4 Å². The number of nitro benzene ring substituents is 1. The van der Waals surface area contributed by atoms with Gasteiger partial charge in [0.05, 0.1) is 17.1 Å². The Hall–Kier alpha value is -3.05. The maximum atomic E-state index is 13.0. The Labute approximate surface area is 230 Å². The molecule has 1 heterocycles. The van der Waals surface area contributed by atoms with Crippen molar-refractivity contribution in [2.24, 2.45) is 0 Å². The number of nitrogens with one attached hydrogen (secondary N) is 1. The summed E-state index contributed by atoms with van der Waals surface area (Å²) < 4.78 is 25.2. The number of amides is 1. The van der Waals surface area contributed by atoms with E-state index in [4.69, 9.17) is 18.6 Å². The molecule has 1 aliphatic carbocycles. The second-order valence-corrected chi connectivity index (χ2v) is 16.8. The number of fused-ring (bicyclic) bond motifs is 1. The Balaban J connectivity index is 1.72. The molecule has 4 atom stereocenters. The van der Waals surface area contributed by atoms with Crippen LogP contribution in [0.15, 0.2) is 60.7 Å². The van der Waals surface area contributed by atoms with E-state index in [1.54, 1.807) is 12.1 Å². The molecule has 1 amide bonds. The van der Waals surface area contributed by atoms with Gasteiger partial charge in [0.2, 0.25) is 0 Å². The van der Waals surface area contributed by atoms with E-state index in [-0.39, 0.29) is 17.3 Å². The van der Waals surface area contributed by atoms with Gasteiger partial charge in [-0.15, -0.1) is 0 Å². The largest absolute Gasteiger partial charge is 0.445 e. The molecule has 39 heavy (non-hydrogen) atoms. The van der Waals surface area contributed by atoms with Gasteiger partial charge >= 0.3 is 6.09 Å². The van der Waals surface area contributed by atoms with Crippen molar-refractivity contribution in [3.8, 4) is 0 Å². The van der Waals surface area contributed by atoms with E-state index < -0.39 is 49.5 Å². The average molecular weight is 555 g/mol. The Morgan fingerprint density at radius 3 is 2.44 bits per heavy atom. The van der Waals surface area contributed by atoms with Gasteiger partial charge in [-0.05, 0) is 48.7 Å². The van der Waals surface area contributed by atoms with Gasteiger partial charge in [0.1, 0.15) is 18.8 Å². The van der Waals surface area contributed by atoms with Gasteiger partial charge in [0.25, 0.3) is 5.69 Å². The molecular weight excluding hydrogens is 516 g/mol. The van der Waals surface area contributed by atoms with Gasteiger partial charge in [-0.25, -0.2) is 4.79 Å². The third-order valence-corrected chi connectivity index (χ3v) is 12.1. The lowest BCUT2D eigenvalue weighted by molar-refractivity contribution is -0.384. The minimum absolute atomic E-state index is 0.0328. The molecule has 0 unspecified atom stereocenters. The van der Waals surface area contributed by atoms with Crippen molar-refractivity contribution in [2.45, 2.75) is 89.5 Å². The summed E-state index contributed by atoms with van der Waals surface area (Å²) in [5.74, 6) is -0.924. The quantitative estimate of drug-likeness (QED) is 0.247. The van der Waals surface area contributed by atoms with Crippen LogP contribution in [-0.4, -0.2) is 49.5 Å². The molecule has 0 spiro atoms. The predicted molar refractivity (Wildman–Crippen MR) is 151 cm³/mol. The molecule has 2 aromatic carbocycles. The van der Waals surface area contributed by atoms with Crippen LogP contribution in [0.2, 0.25) is 18.1 Å². The molecule has 0 bridgehead atoms. The number of ether oxygens (including phenoxy) is 3. The predicted octanol–water partition coefficient (Wildman–Crippen LogP) is 6.20. The summed E-state index contributed by atoms with van der Waals surface area (Å²) in [5, 5.41) is 14.4. The fourth-order valence-corrected chi connectivity index (χ4v) is 5.91. The van der Waals surface area contributed by atoms with Crippen LogP contribution in [0.4, 0.5) is 10.5 Å². The molecule has 1 N–H and O–H groups in total. The smallest absolute Gasteiger partial charge is 0.408 e. The molecule has 1 saturated heterocycles. The number of carbonyl (C=O) groups excluding carboxylic acids is 1. The van der Waals surface area contributed by atoms with Crippen molar-refractivity contribution in [1.29, 1.82) is 0 Å². The van der Waals surface area contributed by atoms with Gasteiger partial charge in [-0.2, -0.15) is 0 Å². The van der Waals surface area contributed by atoms with Gasteiger partial charge < -0.3 is 24.0 Å². The molecular formula is C29H38N2O7Si. The zero-order valence-electron chi connectivity index (χ0n) is 23.6. The summed E-state index contributed by atoms with van der Waals surface area (Å²) in [4.78, 5) is 24.1. The van der Waals surface area contributed by atoms with E-state index in [1.165, 1.54) is 12.1 Å². The van der Waals surface area contributed by atoms with Crippen molar-refractivity contribution in [2.75, 3.05) is 0 Å². The molecule has 2 aromatic rings. The Kier molecular flexibility index (Phi) is 8.05. The van der Waals surface area contributed by atoms with Gasteiger partial charge in [0, 0.05) is 12.1 Å². The molecule has 0 radical (unpaired) electrons. The lowest BCUT2D eigenvalue weighted by atomic mass is 9.84. The highest BCUT2D eigenvalue weighted by molar-refractivity contribution is 6.74. The fraction of sp³-hybridized carbons (Fsp3) is 0.483. The van der Waals surface area contributed by atoms with Crippen LogP contribution >= 0.6 is 0 Å². The molecule has 1 fully saturated rings. The van der Waals surface area contributed by atoms with E-state index >= 15 is 0 Å². The summed E-state index contributed by atoms with van der Waals surface area (Å²) >= 11 is 0. The van der Waals surface area contributed by atoms with Crippen LogP contribution in [0, 0.1) is 10.1 Å². The molecule has 1 aliphatic heterocycles. The fourth-order valence-electron chi connectivity index (χ4n) is 4.60. The molecule has 2 aliphatic rings. The van der Waals surface area contributed by atoms with Crippen LogP contribution in [0.5, 0.6) is 0 Å². The van der Waals surface area contributed by atoms with Gasteiger partial charge in [0.15, 0.2) is 14.1 Å². The molecule has 210 valence electrons. The Morgan fingerprint density at radius 2 is 1.79 bits per heavy atom. The first kappa shape index (κ1) is 28.9. The van der Waals surface area contributed by atoms with E-state index in [1.807, 2.05) is 50.3 Å². The minimum atomic E-state index is -2.33. The van der Waals surface area contributed by atoms with Crippen LogP contribution < -0.4 is 5.32 Å². The van der Waals surface area contributed by atoms with E-state index in [0.717, 1.165) is 5.56 Å². The number of non-ortho nitro benzene ring substituents is 1. The second kappa shape index (κ2) is 10.8. The van der Waals surface area contributed by atoms with Crippen molar-refractivity contribution >= 4 is 25.7 Å². The van der Waals surface area contributed by atoms with Crippen molar-refractivity contribution in [3.05, 3.63) is 81.9 Å². The monoisotopic (exact) mass is 554 g/mol. The number of alkyl carbamates (subject to hydrolysis) is 1. The van der Waals surface area contributed by atoms with Gasteiger partial charge in [-0.3, -0.25) is 10.1 Å². The summed E-state index contributed by atoms with van der Waals surface area (Å²) in [6, 6.07) is 15.2. The van der Waals surface area contributed by atoms with Gasteiger partial charge in [-0.1, -0.05) is 69.3 Å².